The van der Waals surface area contributed by atoms with Crippen molar-refractivity contribution < 1.29 is 19.1 Å². The molecule has 0 fully saturated rings. The van der Waals surface area contributed by atoms with Crippen LogP contribution in [0.4, 0.5) is 0 Å². The van der Waals surface area contributed by atoms with Crippen LogP contribution in [0, 0.1) is 0 Å². The average molecular weight is 404 g/mol. The number of carbonyl (C=O) groups excluding carboxylic acids is 2. The van der Waals surface area contributed by atoms with E-state index in [-0.39, 0.29) is 11.8 Å². The van der Waals surface area contributed by atoms with Gasteiger partial charge in [0.25, 0.3) is 11.8 Å². The van der Waals surface area contributed by atoms with Crippen molar-refractivity contribution in [2.24, 2.45) is 0 Å². The molecule has 3 rings (SSSR count). The molecule has 0 aliphatic heterocycles. The van der Waals surface area contributed by atoms with Gasteiger partial charge in [-0.1, -0.05) is 36.4 Å². The normalized spacial score (nSPS) is 10.1. The van der Waals surface area contributed by atoms with Gasteiger partial charge in [0.05, 0.1) is 13.1 Å². The molecular weight excluding hydrogens is 380 g/mol. The summed E-state index contributed by atoms with van der Waals surface area (Å²) in [5, 5.41) is 5.63. The first kappa shape index (κ1) is 20.9. The van der Waals surface area contributed by atoms with E-state index >= 15 is 0 Å². The van der Waals surface area contributed by atoms with Gasteiger partial charge in [-0.15, -0.1) is 0 Å². The van der Waals surface area contributed by atoms with Gasteiger partial charge in [-0.2, -0.15) is 0 Å². The van der Waals surface area contributed by atoms with Crippen molar-refractivity contribution in [2.45, 2.75) is 0 Å². The summed E-state index contributed by atoms with van der Waals surface area (Å²) < 4.78 is 11.3. The van der Waals surface area contributed by atoms with Crippen LogP contribution in [-0.4, -0.2) is 38.1 Å². The molecule has 3 aromatic rings. The summed E-state index contributed by atoms with van der Waals surface area (Å²) in [7, 11) is 0. The third-order valence-electron chi connectivity index (χ3n) is 4.21. The Kier molecular flexibility index (Phi) is 7.85. The summed E-state index contributed by atoms with van der Waals surface area (Å²) in [6.45, 7) is 1.55. The number of carbonyl (C=O) groups is 2. The van der Waals surface area contributed by atoms with Crippen LogP contribution >= 0.6 is 0 Å². The van der Waals surface area contributed by atoms with E-state index in [0.717, 1.165) is 0 Å². The van der Waals surface area contributed by atoms with Crippen LogP contribution in [0.5, 0.6) is 11.5 Å². The summed E-state index contributed by atoms with van der Waals surface area (Å²) in [5.74, 6) is 1.13. The zero-order valence-electron chi connectivity index (χ0n) is 16.5. The molecular formula is C24H24N2O4. The standard InChI is InChI=1S/C24H24N2O4/c27-23(19-7-3-1-4-8-19)25-15-17-29-21-11-13-22(14-12-21)30-18-16-26-24(28)20-9-5-2-6-10-20/h1-14H,15-18H2,(H,25,27)(H,26,28). The Labute approximate surface area is 175 Å². The maximum atomic E-state index is 11.9. The Morgan fingerprint density at radius 3 is 1.30 bits per heavy atom. The van der Waals surface area contributed by atoms with Gasteiger partial charge in [-0.25, -0.2) is 0 Å². The van der Waals surface area contributed by atoms with Gasteiger partial charge < -0.3 is 20.1 Å². The van der Waals surface area contributed by atoms with Crippen LogP contribution in [0.1, 0.15) is 20.7 Å². The van der Waals surface area contributed by atoms with Gasteiger partial charge in [0, 0.05) is 11.1 Å². The molecule has 0 saturated carbocycles. The van der Waals surface area contributed by atoms with Crippen LogP contribution in [0.2, 0.25) is 0 Å². The monoisotopic (exact) mass is 404 g/mol. The van der Waals surface area contributed by atoms with Crippen molar-refractivity contribution in [3.05, 3.63) is 96.1 Å². The first-order chi connectivity index (χ1) is 14.7. The SMILES string of the molecule is O=C(NCCOc1ccc(OCCNC(=O)c2ccccc2)cc1)c1ccccc1. The van der Waals surface area contributed by atoms with Gasteiger partial charge in [0.1, 0.15) is 24.7 Å². The number of amides is 2. The molecule has 3 aromatic carbocycles. The molecule has 0 aliphatic carbocycles. The smallest absolute Gasteiger partial charge is 0.251 e. The molecule has 0 spiro atoms. The number of nitrogens with one attached hydrogen (secondary N) is 2. The summed E-state index contributed by atoms with van der Waals surface area (Å²) in [4.78, 5) is 23.9. The van der Waals surface area contributed by atoms with E-state index in [0.29, 0.717) is 48.9 Å². The van der Waals surface area contributed by atoms with Gasteiger partial charge >= 0.3 is 0 Å². The Balaban J connectivity index is 1.31. The number of rotatable bonds is 10. The lowest BCUT2D eigenvalue weighted by molar-refractivity contribution is 0.0939. The van der Waals surface area contributed by atoms with Crippen LogP contribution < -0.4 is 20.1 Å². The lowest BCUT2D eigenvalue weighted by Gasteiger charge is -2.10. The third kappa shape index (κ3) is 6.67. The van der Waals surface area contributed by atoms with E-state index < -0.39 is 0 Å². The van der Waals surface area contributed by atoms with Crippen molar-refractivity contribution in [3.63, 3.8) is 0 Å². The molecule has 2 amide bonds. The summed E-state index contributed by atoms with van der Waals surface area (Å²) in [6.07, 6.45) is 0. The predicted octanol–water partition coefficient (Wildman–Crippen LogP) is 3.30. The maximum Gasteiger partial charge on any atom is 0.251 e. The van der Waals surface area contributed by atoms with Crippen molar-refractivity contribution >= 4 is 11.8 Å². The van der Waals surface area contributed by atoms with E-state index in [4.69, 9.17) is 9.47 Å². The van der Waals surface area contributed by atoms with E-state index in [2.05, 4.69) is 10.6 Å². The van der Waals surface area contributed by atoms with Gasteiger partial charge in [0.2, 0.25) is 0 Å². The number of benzene rings is 3. The predicted molar refractivity (Wildman–Crippen MR) is 115 cm³/mol. The Hall–Kier alpha value is -3.80. The zero-order valence-corrected chi connectivity index (χ0v) is 16.5. The highest BCUT2D eigenvalue weighted by atomic mass is 16.5. The Morgan fingerprint density at radius 1 is 0.567 bits per heavy atom. The molecule has 0 aromatic heterocycles. The molecule has 0 radical (unpaired) electrons. The first-order valence-electron chi connectivity index (χ1n) is 9.74. The van der Waals surface area contributed by atoms with Crippen LogP contribution in [0.15, 0.2) is 84.9 Å². The highest BCUT2D eigenvalue weighted by Crippen LogP contribution is 2.17. The topological polar surface area (TPSA) is 76.7 Å². The van der Waals surface area contributed by atoms with E-state index in [1.165, 1.54) is 0 Å². The molecule has 0 unspecified atom stereocenters. The second-order valence-corrected chi connectivity index (χ2v) is 6.41. The molecule has 6 heteroatoms. The van der Waals surface area contributed by atoms with Crippen molar-refractivity contribution in [1.29, 1.82) is 0 Å². The number of ether oxygens (including phenoxy) is 2. The molecule has 30 heavy (non-hydrogen) atoms. The van der Waals surface area contributed by atoms with E-state index in [1.54, 1.807) is 48.5 Å². The Morgan fingerprint density at radius 2 is 0.933 bits per heavy atom. The minimum absolute atomic E-state index is 0.123. The first-order valence-corrected chi connectivity index (χ1v) is 9.74. The van der Waals surface area contributed by atoms with E-state index in [9.17, 15) is 9.59 Å². The largest absolute Gasteiger partial charge is 0.492 e. The minimum atomic E-state index is -0.123. The lowest BCUT2D eigenvalue weighted by atomic mass is 10.2. The summed E-state index contributed by atoms with van der Waals surface area (Å²) in [5.41, 5.74) is 1.25. The fraction of sp³-hybridized carbons (Fsp3) is 0.167. The van der Waals surface area contributed by atoms with Gasteiger partial charge in [0.15, 0.2) is 0 Å². The highest BCUT2D eigenvalue weighted by molar-refractivity contribution is 5.94. The fourth-order valence-electron chi connectivity index (χ4n) is 2.68. The highest BCUT2D eigenvalue weighted by Gasteiger charge is 2.04. The molecule has 0 bridgehead atoms. The minimum Gasteiger partial charge on any atom is -0.492 e. The molecule has 0 aliphatic rings. The number of hydrogen-bond donors (Lipinski definition) is 2. The molecule has 154 valence electrons. The van der Waals surface area contributed by atoms with E-state index in [1.807, 2.05) is 36.4 Å². The molecule has 6 nitrogen and oxygen atoms in total. The fourth-order valence-corrected chi connectivity index (χ4v) is 2.68. The summed E-state index contributed by atoms with van der Waals surface area (Å²) >= 11 is 0. The van der Waals surface area contributed by atoms with Crippen molar-refractivity contribution in [1.82, 2.24) is 10.6 Å². The van der Waals surface area contributed by atoms with Crippen LogP contribution in [0.3, 0.4) is 0 Å². The van der Waals surface area contributed by atoms with Crippen LogP contribution in [0.25, 0.3) is 0 Å². The maximum absolute atomic E-state index is 11.9. The van der Waals surface area contributed by atoms with Crippen molar-refractivity contribution in [2.75, 3.05) is 26.3 Å². The van der Waals surface area contributed by atoms with Crippen LogP contribution in [-0.2, 0) is 0 Å². The molecule has 0 saturated heterocycles. The zero-order chi connectivity index (χ0) is 21.0. The molecule has 0 heterocycles. The average Bonchev–Trinajstić information content (AvgIpc) is 2.81. The lowest BCUT2D eigenvalue weighted by Crippen LogP contribution is -2.28. The second-order valence-electron chi connectivity index (χ2n) is 6.41. The third-order valence-corrected chi connectivity index (χ3v) is 4.21. The molecule has 2 N–H and O–H groups in total. The number of hydrogen-bond acceptors (Lipinski definition) is 4. The van der Waals surface area contributed by atoms with Crippen molar-refractivity contribution in [3.8, 4) is 11.5 Å². The van der Waals surface area contributed by atoms with Gasteiger partial charge in [-0.05, 0) is 48.5 Å². The second kappa shape index (κ2) is 11.3. The Bertz CT molecular complexity index is 850. The quantitative estimate of drug-likeness (QED) is 0.509. The molecule has 0 atom stereocenters. The van der Waals surface area contributed by atoms with Gasteiger partial charge in [-0.3, -0.25) is 9.59 Å². The summed E-state index contributed by atoms with van der Waals surface area (Å²) in [6, 6.07) is 25.3.